The number of anilines is 1. The Bertz CT molecular complexity index is 900. The van der Waals surface area contributed by atoms with E-state index in [9.17, 15) is 13.2 Å². The first-order valence-corrected chi connectivity index (χ1v) is 10.6. The molecule has 0 unspecified atom stereocenters. The number of benzene rings is 2. The van der Waals surface area contributed by atoms with Crippen LogP contribution in [0.25, 0.3) is 0 Å². The van der Waals surface area contributed by atoms with Crippen molar-refractivity contribution in [3.05, 3.63) is 60.2 Å². The molecule has 1 heterocycles. The van der Waals surface area contributed by atoms with E-state index in [1.807, 2.05) is 37.3 Å². The summed E-state index contributed by atoms with van der Waals surface area (Å²) in [6.07, 6.45) is 2.77. The molecule has 27 heavy (non-hydrogen) atoms. The molecule has 0 radical (unpaired) electrons. The minimum atomic E-state index is -3.61. The van der Waals surface area contributed by atoms with E-state index in [4.69, 9.17) is 0 Å². The van der Waals surface area contributed by atoms with Crippen LogP contribution in [0.2, 0.25) is 0 Å². The number of amides is 1. The largest absolute Gasteiger partial charge is 0.288 e. The highest BCUT2D eigenvalue weighted by Crippen LogP contribution is 2.25. The van der Waals surface area contributed by atoms with Crippen molar-refractivity contribution in [1.82, 2.24) is 9.73 Å². The van der Waals surface area contributed by atoms with Crippen LogP contribution in [0, 0.1) is 0 Å². The number of hydrazine groups is 1. The van der Waals surface area contributed by atoms with E-state index in [1.54, 1.807) is 34.6 Å². The monoisotopic (exact) mass is 387 g/mol. The molecule has 1 N–H and O–H groups in total. The molecule has 6 nitrogen and oxygen atoms in total. The van der Waals surface area contributed by atoms with E-state index in [-0.39, 0.29) is 16.8 Å². The Morgan fingerprint density at radius 3 is 2.56 bits per heavy atom. The van der Waals surface area contributed by atoms with E-state index in [0.29, 0.717) is 12.1 Å². The molecule has 1 saturated heterocycles. The van der Waals surface area contributed by atoms with Crippen LogP contribution < -0.4 is 10.4 Å². The fourth-order valence-electron chi connectivity index (χ4n) is 3.30. The van der Waals surface area contributed by atoms with Gasteiger partial charge in [0.15, 0.2) is 0 Å². The SMILES string of the molecule is C[C@@H]1CCCCN1S(=O)(=O)c1cccc(C(=O)NN(C)c2ccccc2)c1. The van der Waals surface area contributed by atoms with Gasteiger partial charge in [-0.25, -0.2) is 8.42 Å². The van der Waals surface area contributed by atoms with Gasteiger partial charge in [0, 0.05) is 25.2 Å². The lowest BCUT2D eigenvalue weighted by Crippen LogP contribution is -2.42. The summed E-state index contributed by atoms with van der Waals surface area (Å²) in [7, 11) is -1.87. The number of nitrogens with one attached hydrogen (secondary N) is 1. The zero-order chi connectivity index (χ0) is 19.4. The second-order valence-electron chi connectivity index (χ2n) is 6.82. The Hall–Kier alpha value is -2.38. The summed E-state index contributed by atoms with van der Waals surface area (Å²) in [5.41, 5.74) is 3.90. The van der Waals surface area contributed by atoms with Crippen molar-refractivity contribution >= 4 is 21.6 Å². The number of carbonyl (C=O) groups is 1. The Labute approximate surface area is 160 Å². The van der Waals surface area contributed by atoms with Crippen LogP contribution in [0.15, 0.2) is 59.5 Å². The van der Waals surface area contributed by atoms with Gasteiger partial charge < -0.3 is 0 Å². The van der Waals surface area contributed by atoms with Crippen molar-refractivity contribution in [3.63, 3.8) is 0 Å². The molecule has 2 aromatic carbocycles. The lowest BCUT2D eigenvalue weighted by molar-refractivity contribution is 0.0951. The van der Waals surface area contributed by atoms with Crippen LogP contribution in [0.3, 0.4) is 0 Å². The molecular formula is C20H25N3O3S. The third kappa shape index (κ3) is 4.31. The first kappa shape index (κ1) is 19.4. The summed E-state index contributed by atoms with van der Waals surface area (Å²) in [5, 5.41) is 1.61. The van der Waals surface area contributed by atoms with Gasteiger partial charge in [0.05, 0.1) is 10.6 Å². The normalized spacial score (nSPS) is 18.1. The molecular weight excluding hydrogens is 362 g/mol. The van der Waals surface area contributed by atoms with E-state index >= 15 is 0 Å². The maximum absolute atomic E-state index is 13.0. The van der Waals surface area contributed by atoms with Gasteiger partial charge in [-0.2, -0.15) is 4.31 Å². The number of nitrogens with zero attached hydrogens (tertiary/aromatic N) is 2. The Morgan fingerprint density at radius 2 is 1.85 bits per heavy atom. The average molecular weight is 388 g/mol. The topological polar surface area (TPSA) is 69.7 Å². The number of carbonyl (C=O) groups excluding carboxylic acids is 1. The highest BCUT2D eigenvalue weighted by Gasteiger charge is 2.31. The molecule has 7 heteroatoms. The number of para-hydroxylation sites is 1. The molecule has 0 spiro atoms. The predicted molar refractivity (Wildman–Crippen MR) is 106 cm³/mol. The number of hydrogen-bond acceptors (Lipinski definition) is 4. The maximum atomic E-state index is 13.0. The van der Waals surface area contributed by atoms with E-state index in [0.717, 1.165) is 24.9 Å². The van der Waals surface area contributed by atoms with Crippen molar-refractivity contribution in [3.8, 4) is 0 Å². The van der Waals surface area contributed by atoms with Crippen molar-refractivity contribution in [2.45, 2.75) is 37.1 Å². The van der Waals surface area contributed by atoms with Crippen molar-refractivity contribution in [1.29, 1.82) is 0 Å². The lowest BCUT2D eigenvalue weighted by atomic mass is 10.1. The highest BCUT2D eigenvalue weighted by molar-refractivity contribution is 7.89. The van der Waals surface area contributed by atoms with Crippen LogP contribution in [0.4, 0.5) is 5.69 Å². The quantitative estimate of drug-likeness (QED) is 0.801. The first-order chi connectivity index (χ1) is 12.9. The molecule has 1 amide bonds. The molecule has 0 bridgehead atoms. The third-order valence-corrected chi connectivity index (χ3v) is 6.87. The zero-order valence-corrected chi connectivity index (χ0v) is 16.4. The lowest BCUT2D eigenvalue weighted by Gasteiger charge is -2.32. The summed E-state index contributed by atoms with van der Waals surface area (Å²) in [4.78, 5) is 12.7. The molecule has 1 fully saturated rings. The minimum absolute atomic E-state index is 0.0227. The molecule has 2 aromatic rings. The van der Waals surface area contributed by atoms with Gasteiger partial charge >= 0.3 is 0 Å². The molecule has 144 valence electrons. The molecule has 0 aliphatic carbocycles. The van der Waals surface area contributed by atoms with Crippen LogP contribution in [-0.2, 0) is 10.0 Å². The summed E-state index contributed by atoms with van der Waals surface area (Å²) in [6.45, 7) is 2.46. The van der Waals surface area contributed by atoms with Crippen LogP contribution in [-0.4, -0.2) is 38.3 Å². The smallest absolute Gasteiger partial charge is 0.269 e. The first-order valence-electron chi connectivity index (χ1n) is 9.11. The second-order valence-corrected chi connectivity index (χ2v) is 8.71. The number of piperidine rings is 1. The molecule has 0 aromatic heterocycles. The standard InChI is InChI=1S/C20H25N3O3S/c1-16-9-6-7-14-23(16)27(25,26)19-13-8-10-17(15-19)20(24)21-22(2)18-11-4-3-5-12-18/h3-5,8,10-13,15-16H,6-7,9,14H2,1-2H3,(H,21,24)/t16-/m1/s1. The Balaban J connectivity index is 1.79. The van der Waals surface area contributed by atoms with Gasteiger partial charge in [-0.15, -0.1) is 0 Å². The van der Waals surface area contributed by atoms with Gasteiger partial charge in [-0.3, -0.25) is 15.2 Å². The van der Waals surface area contributed by atoms with E-state index in [2.05, 4.69) is 5.43 Å². The predicted octanol–water partition coefficient (Wildman–Crippen LogP) is 3.03. The van der Waals surface area contributed by atoms with Gasteiger partial charge in [-0.1, -0.05) is 30.7 Å². The average Bonchev–Trinajstić information content (AvgIpc) is 2.69. The highest BCUT2D eigenvalue weighted by atomic mass is 32.2. The fourth-order valence-corrected chi connectivity index (χ4v) is 5.04. The van der Waals surface area contributed by atoms with Crippen LogP contribution in [0.5, 0.6) is 0 Å². The van der Waals surface area contributed by atoms with Crippen LogP contribution in [0.1, 0.15) is 36.5 Å². The minimum Gasteiger partial charge on any atom is -0.288 e. The van der Waals surface area contributed by atoms with Gasteiger partial charge in [0.1, 0.15) is 0 Å². The van der Waals surface area contributed by atoms with E-state index < -0.39 is 10.0 Å². The molecule has 3 rings (SSSR count). The maximum Gasteiger partial charge on any atom is 0.269 e. The van der Waals surface area contributed by atoms with Crippen molar-refractivity contribution in [2.24, 2.45) is 0 Å². The van der Waals surface area contributed by atoms with Crippen molar-refractivity contribution in [2.75, 3.05) is 18.6 Å². The Morgan fingerprint density at radius 1 is 1.11 bits per heavy atom. The van der Waals surface area contributed by atoms with Gasteiger partial charge in [0.25, 0.3) is 5.91 Å². The second kappa shape index (κ2) is 8.10. The number of hydrogen-bond donors (Lipinski definition) is 1. The third-order valence-electron chi connectivity index (χ3n) is 4.86. The molecule has 1 aliphatic heterocycles. The summed E-state index contributed by atoms with van der Waals surface area (Å²) >= 11 is 0. The molecule has 1 atom stereocenters. The summed E-state index contributed by atoms with van der Waals surface area (Å²) in [6, 6.07) is 15.6. The number of rotatable bonds is 5. The molecule has 1 aliphatic rings. The fraction of sp³-hybridized carbons (Fsp3) is 0.350. The van der Waals surface area contributed by atoms with Gasteiger partial charge in [-0.05, 0) is 50.1 Å². The Kier molecular flexibility index (Phi) is 5.82. The number of sulfonamides is 1. The van der Waals surface area contributed by atoms with Gasteiger partial charge in [0.2, 0.25) is 10.0 Å². The molecule has 0 saturated carbocycles. The van der Waals surface area contributed by atoms with Crippen molar-refractivity contribution < 1.29 is 13.2 Å². The van der Waals surface area contributed by atoms with E-state index in [1.165, 1.54) is 6.07 Å². The summed E-state index contributed by atoms with van der Waals surface area (Å²) < 4.78 is 27.5. The summed E-state index contributed by atoms with van der Waals surface area (Å²) in [5.74, 6) is -0.356. The zero-order valence-electron chi connectivity index (χ0n) is 15.6. The van der Waals surface area contributed by atoms with Crippen LogP contribution >= 0.6 is 0 Å².